The van der Waals surface area contributed by atoms with E-state index in [-0.39, 0.29) is 23.6 Å². The summed E-state index contributed by atoms with van der Waals surface area (Å²) in [4.78, 5) is 21.6. The van der Waals surface area contributed by atoms with Crippen molar-refractivity contribution in [2.75, 3.05) is 6.61 Å². The van der Waals surface area contributed by atoms with Gasteiger partial charge in [0.25, 0.3) is 15.7 Å². The molecule has 0 aromatic heterocycles. The van der Waals surface area contributed by atoms with Gasteiger partial charge < -0.3 is 4.74 Å². The molecule has 0 aliphatic carbocycles. The van der Waals surface area contributed by atoms with E-state index in [2.05, 4.69) is 0 Å². The molecule has 1 amide bonds. The Morgan fingerprint density at radius 3 is 2.52 bits per heavy atom. The van der Waals surface area contributed by atoms with Crippen LogP contribution in [0.15, 0.2) is 29.2 Å². The number of nitro benzene ring substituents is 1. The maximum absolute atomic E-state index is 12.5. The van der Waals surface area contributed by atoms with Crippen molar-refractivity contribution >= 4 is 21.6 Å². The number of amides is 1. The summed E-state index contributed by atoms with van der Waals surface area (Å²) >= 11 is 0. The summed E-state index contributed by atoms with van der Waals surface area (Å²) in [7, 11) is -4.07. The van der Waals surface area contributed by atoms with E-state index in [0.29, 0.717) is 6.42 Å². The number of ether oxygens (including phenoxy) is 1. The molecule has 8 nitrogen and oxygen atoms in total. The van der Waals surface area contributed by atoms with E-state index < -0.39 is 27.1 Å². The summed E-state index contributed by atoms with van der Waals surface area (Å²) in [6, 6.07) is 4.40. The molecule has 21 heavy (non-hydrogen) atoms. The average Bonchev–Trinajstić information content (AvgIpc) is 2.81. The molecule has 1 atom stereocenters. The third-order valence-corrected chi connectivity index (χ3v) is 4.90. The van der Waals surface area contributed by atoms with E-state index in [0.717, 1.165) is 28.6 Å². The average molecular weight is 314 g/mol. The molecule has 2 rings (SSSR count). The Morgan fingerprint density at radius 2 is 2.00 bits per heavy atom. The lowest BCUT2D eigenvalue weighted by Crippen LogP contribution is -2.40. The highest BCUT2D eigenvalue weighted by Crippen LogP contribution is 2.28. The first-order valence-corrected chi connectivity index (χ1v) is 7.75. The molecule has 0 saturated carbocycles. The first-order valence-electron chi connectivity index (χ1n) is 6.31. The van der Waals surface area contributed by atoms with Crippen LogP contribution >= 0.6 is 0 Å². The molecule has 114 valence electrons. The van der Waals surface area contributed by atoms with Gasteiger partial charge in [0.05, 0.1) is 9.82 Å². The highest BCUT2D eigenvalue weighted by atomic mass is 32.2. The molecule has 0 unspecified atom stereocenters. The second kappa shape index (κ2) is 5.78. The van der Waals surface area contributed by atoms with Crippen molar-refractivity contribution in [1.29, 1.82) is 0 Å². The van der Waals surface area contributed by atoms with Crippen LogP contribution in [0.2, 0.25) is 0 Å². The molecule has 1 heterocycles. The smallest absolute Gasteiger partial charge is 0.269 e. The number of nitro groups is 1. The fourth-order valence-electron chi connectivity index (χ4n) is 2.12. The molecule has 1 aliphatic rings. The Balaban J connectivity index is 2.36. The van der Waals surface area contributed by atoms with Gasteiger partial charge in [-0.1, -0.05) is 0 Å². The van der Waals surface area contributed by atoms with Gasteiger partial charge in [-0.25, -0.2) is 12.7 Å². The normalized spacial score (nSPS) is 19.0. The molecule has 1 aromatic rings. The SMILES string of the molecule is CCO[C@@H]1CCC(=O)N1S(=O)(=O)c1ccc([N+](=O)[O-])cc1. The number of carbonyl (C=O) groups excluding carboxylic acids is 1. The van der Waals surface area contributed by atoms with Crippen LogP contribution in [-0.2, 0) is 19.6 Å². The van der Waals surface area contributed by atoms with Gasteiger partial charge >= 0.3 is 0 Å². The van der Waals surface area contributed by atoms with Gasteiger partial charge in [-0.2, -0.15) is 0 Å². The zero-order valence-corrected chi connectivity index (χ0v) is 12.1. The van der Waals surface area contributed by atoms with Crippen LogP contribution in [0.1, 0.15) is 19.8 Å². The van der Waals surface area contributed by atoms with Crippen LogP contribution in [0.25, 0.3) is 0 Å². The highest BCUT2D eigenvalue weighted by molar-refractivity contribution is 7.89. The molecular weight excluding hydrogens is 300 g/mol. The Morgan fingerprint density at radius 1 is 1.38 bits per heavy atom. The maximum atomic E-state index is 12.5. The van der Waals surface area contributed by atoms with Gasteiger partial charge in [0.2, 0.25) is 5.91 Å². The summed E-state index contributed by atoms with van der Waals surface area (Å²) in [5.41, 5.74) is -0.219. The lowest BCUT2D eigenvalue weighted by molar-refractivity contribution is -0.384. The van der Waals surface area contributed by atoms with Crippen molar-refractivity contribution in [3.8, 4) is 0 Å². The first-order chi connectivity index (χ1) is 9.87. The number of benzene rings is 1. The van der Waals surface area contributed by atoms with E-state index in [4.69, 9.17) is 4.74 Å². The van der Waals surface area contributed by atoms with Gasteiger partial charge in [-0.3, -0.25) is 14.9 Å². The van der Waals surface area contributed by atoms with Gasteiger partial charge in [-0.15, -0.1) is 0 Å². The summed E-state index contributed by atoms with van der Waals surface area (Å²) in [6.07, 6.45) is -0.418. The quantitative estimate of drug-likeness (QED) is 0.598. The van der Waals surface area contributed by atoms with Gasteiger partial charge in [0.15, 0.2) is 0 Å². The second-order valence-corrected chi connectivity index (χ2v) is 6.21. The fraction of sp³-hybridized carbons (Fsp3) is 0.417. The van der Waals surface area contributed by atoms with E-state index in [1.165, 1.54) is 0 Å². The van der Waals surface area contributed by atoms with Gasteiger partial charge in [-0.05, 0) is 19.1 Å². The van der Waals surface area contributed by atoms with Crippen molar-refractivity contribution < 1.29 is 22.9 Å². The van der Waals surface area contributed by atoms with Crippen LogP contribution in [0.3, 0.4) is 0 Å². The lowest BCUT2D eigenvalue weighted by Gasteiger charge is -2.23. The predicted molar refractivity (Wildman–Crippen MR) is 71.8 cm³/mol. The number of non-ortho nitro benzene ring substituents is 1. The number of hydrogen-bond donors (Lipinski definition) is 0. The monoisotopic (exact) mass is 314 g/mol. The number of hydrogen-bond acceptors (Lipinski definition) is 6. The van der Waals surface area contributed by atoms with E-state index in [1.807, 2.05) is 0 Å². The van der Waals surface area contributed by atoms with Crippen molar-refractivity contribution in [2.45, 2.75) is 30.9 Å². The van der Waals surface area contributed by atoms with E-state index >= 15 is 0 Å². The minimum Gasteiger partial charge on any atom is -0.357 e. The van der Waals surface area contributed by atoms with Crippen LogP contribution in [0.4, 0.5) is 5.69 Å². The molecule has 0 spiro atoms. The predicted octanol–water partition coefficient (Wildman–Crippen LogP) is 1.27. The van der Waals surface area contributed by atoms with Gasteiger partial charge in [0, 0.05) is 31.6 Å². The molecule has 0 radical (unpaired) electrons. The highest BCUT2D eigenvalue weighted by Gasteiger charge is 2.41. The van der Waals surface area contributed by atoms with Crippen molar-refractivity contribution in [2.24, 2.45) is 0 Å². The minimum absolute atomic E-state index is 0.0941. The molecule has 1 aromatic carbocycles. The van der Waals surface area contributed by atoms with E-state index in [9.17, 15) is 23.3 Å². The largest absolute Gasteiger partial charge is 0.357 e. The molecule has 0 bridgehead atoms. The zero-order valence-electron chi connectivity index (χ0n) is 11.3. The summed E-state index contributed by atoms with van der Waals surface area (Å²) in [6.45, 7) is 1.99. The number of rotatable bonds is 5. The lowest BCUT2D eigenvalue weighted by atomic mass is 10.3. The Hall–Kier alpha value is -2.00. The molecular formula is C12H14N2O6S. The van der Waals surface area contributed by atoms with Crippen molar-refractivity contribution in [3.63, 3.8) is 0 Å². The van der Waals surface area contributed by atoms with Crippen LogP contribution in [0, 0.1) is 10.1 Å². The fourth-order valence-corrected chi connectivity index (χ4v) is 3.66. The van der Waals surface area contributed by atoms with E-state index in [1.54, 1.807) is 6.92 Å². The van der Waals surface area contributed by atoms with Crippen molar-refractivity contribution in [1.82, 2.24) is 4.31 Å². The van der Waals surface area contributed by atoms with Crippen LogP contribution in [-0.4, -0.2) is 36.4 Å². The third-order valence-electron chi connectivity index (χ3n) is 3.08. The molecule has 9 heteroatoms. The Bertz CT molecular complexity index is 655. The standard InChI is InChI=1S/C12H14N2O6S/c1-2-20-12-8-7-11(15)13(12)21(18,19)10-5-3-9(4-6-10)14(16)17/h3-6,12H,2,7-8H2,1H3/t12-/m1/s1. The first kappa shape index (κ1) is 15.4. The van der Waals surface area contributed by atoms with Crippen LogP contribution in [0.5, 0.6) is 0 Å². The summed E-state index contributed by atoms with van der Waals surface area (Å²) in [5.74, 6) is -0.535. The number of nitrogens with zero attached hydrogens (tertiary/aromatic N) is 2. The topological polar surface area (TPSA) is 107 Å². The summed E-state index contributed by atoms with van der Waals surface area (Å²) < 4.78 is 30.9. The number of carbonyl (C=O) groups is 1. The summed E-state index contributed by atoms with van der Waals surface area (Å²) in [5, 5.41) is 10.6. The number of sulfonamides is 1. The van der Waals surface area contributed by atoms with Gasteiger partial charge in [0.1, 0.15) is 6.23 Å². The molecule has 1 aliphatic heterocycles. The second-order valence-electron chi connectivity index (χ2n) is 4.39. The molecule has 0 N–H and O–H groups in total. The third kappa shape index (κ3) is 2.88. The molecule has 1 fully saturated rings. The Kier molecular flexibility index (Phi) is 4.24. The maximum Gasteiger partial charge on any atom is 0.269 e. The minimum atomic E-state index is -4.07. The zero-order chi connectivity index (χ0) is 15.6. The Labute approximate surface area is 121 Å². The molecule has 1 saturated heterocycles. The van der Waals surface area contributed by atoms with Crippen LogP contribution < -0.4 is 0 Å². The van der Waals surface area contributed by atoms with Crippen molar-refractivity contribution in [3.05, 3.63) is 34.4 Å².